The molecule has 0 saturated heterocycles. The number of aliphatic hydroxyl groups is 1. The molecule has 1 aliphatic rings. The van der Waals surface area contributed by atoms with Crippen molar-refractivity contribution >= 4 is 0 Å². The number of aromatic nitrogens is 1. The van der Waals surface area contributed by atoms with Crippen molar-refractivity contribution in [3.8, 4) is 0 Å². The van der Waals surface area contributed by atoms with Crippen LogP contribution in [0.4, 0.5) is 0 Å². The minimum atomic E-state index is -0.283. The molecule has 1 heterocycles. The molecule has 0 fully saturated rings. The van der Waals surface area contributed by atoms with Crippen molar-refractivity contribution in [2.75, 3.05) is 20.6 Å². The topological polar surface area (TPSA) is 28.4 Å². The van der Waals surface area contributed by atoms with E-state index in [2.05, 4.69) is 49.7 Å². The maximum Gasteiger partial charge on any atom is 0.0812 e. The van der Waals surface area contributed by atoms with Crippen LogP contribution in [0.5, 0.6) is 0 Å². The molecule has 1 aromatic rings. The van der Waals surface area contributed by atoms with E-state index in [1.807, 2.05) is 0 Å². The Bertz CT molecular complexity index is 393. The summed E-state index contributed by atoms with van der Waals surface area (Å²) in [6.45, 7) is 6.52. The summed E-state index contributed by atoms with van der Waals surface area (Å²) in [5.41, 5.74) is 2.68. The zero-order valence-corrected chi connectivity index (χ0v) is 11.4. The van der Waals surface area contributed by atoms with Crippen LogP contribution >= 0.6 is 0 Å². The molecule has 0 radical (unpaired) electrons. The van der Waals surface area contributed by atoms with E-state index in [1.54, 1.807) is 0 Å². The minimum Gasteiger partial charge on any atom is -0.388 e. The average molecular weight is 236 g/mol. The summed E-state index contributed by atoms with van der Waals surface area (Å²) in [5, 5.41) is 10.2. The second kappa shape index (κ2) is 4.46. The van der Waals surface area contributed by atoms with Gasteiger partial charge < -0.3 is 14.6 Å². The number of fused-ring (bicyclic) bond motifs is 1. The molecule has 0 saturated carbocycles. The Balaban J connectivity index is 2.21. The van der Waals surface area contributed by atoms with Crippen LogP contribution in [-0.2, 0) is 13.0 Å². The monoisotopic (exact) mass is 236 g/mol. The molecule has 3 heteroatoms. The summed E-state index contributed by atoms with van der Waals surface area (Å²) in [5.74, 6) is 0. The van der Waals surface area contributed by atoms with E-state index < -0.39 is 0 Å². The number of likely N-dealkylation sites (N-methyl/N-ethyl adjacent to an activating group) is 1. The standard InChI is InChI=1S/C14H24N2O/c1-14(2)9-12-11(13(17)10-14)5-6-16(12)8-7-15(3)4/h5-6,13,17H,7-10H2,1-4H3. The molecule has 0 spiro atoms. The van der Waals surface area contributed by atoms with Gasteiger partial charge in [0.25, 0.3) is 0 Å². The molecule has 1 unspecified atom stereocenters. The summed E-state index contributed by atoms with van der Waals surface area (Å²) in [7, 11) is 4.18. The number of nitrogens with zero attached hydrogens (tertiary/aromatic N) is 2. The summed E-state index contributed by atoms with van der Waals surface area (Å²) >= 11 is 0. The summed E-state index contributed by atoms with van der Waals surface area (Å²) in [6, 6.07) is 2.09. The van der Waals surface area contributed by atoms with Gasteiger partial charge in [0.05, 0.1) is 6.10 Å². The summed E-state index contributed by atoms with van der Waals surface area (Å²) in [4.78, 5) is 2.19. The average Bonchev–Trinajstić information content (AvgIpc) is 2.56. The van der Waals surface area contributed by atoms with Gasteiger partial charge in [0, 0.05) is 30.5 Å². The molecule has 2 rings (SSSR count). The lowest BCUT2D eigenvalue weighted by Gasteiger charge is -2.34. The Morgan fingerprint density at radius 3 is 2.82 bits per heavy atom. The van der Waals surface area contributed by atoms with E-state index in [-0.39, 0.29) is 11.5 Å². The highest BCUT2D eigenvalue weighted by Crippen LogP contribution is 2.40. The highest BCUT2D eigenvalue weighted by atomic mass is 16.3. The number of hydrogen-bond donors (Lipinski definition) is 1. The van der Waals surface area contributed by atoms with Crippen LogP contribution in [0, 0.1) is 5.41 Å². The first-order chi connectivity index (χ1) is 7.89. The highest BCUT2D eigenvalue weighted by molar-refractivity contribution is 5.29. The van der Waals surface area contributed by atoms with Crippen LogP contribution < -0.4 is 0 Å². The van der Waals surface area contributed by atoms with Crippen molar-refractivity contribution in [2.24, 2.45) is 5.41 Å². The predicted molar refractivity (Wildman–Crippen MR) is 70.0 cm³/mol. The SMILES string of the molecule is CN(C)CCn1ccc2c1CC(C)(C)CC2O. The van der Waals surface area contributed by atoms with Crippen molar-refractivity contribution in [1.29, 1.82) is 0 Å². The fourth-order valence-corrected chi connectivity index (χ4v) is 2.71. The van der Waals surface area contributed by atoms with Gasteiger partial charge in [-0.3, -0.25) is 0 Å². The molecule has 1 atom stereocenters. The highest BCUT2D eigenvalue weighted by Gasteiger charge is 2.32. The van der Waals surface area contributed by atoms with Crippen molar-refractivity contribution in [2.45, 2.75) is 39.3 Å². The molecular weight excluding hydrogens is 212 g/mol. The molecule has 1 aromatic heterocycles. The molecule has 0 bridgehead atoms. The molecule has 17 heavy (non-hydrogen) atoms. The van der Waals surface area contributed by atoms with Crippen molar-refractivity contribution in [1.82, 2.24) is 9.47 Å². The van der Waals surface area contributed by atoms with Crippen molar-refractivity contribution in [3.63, 3.8) is 0 Å². The first kappa shape index (κ1) is 12.7. The van der Waals surface area contributed by atoms with Gasteiger partial charge in [-0.15, -0.1) is 0 Å². The third-order valence-corrected chi connectivity index (χ3v) is 3.65. The van der Waals surface area contributed by atoms with Crippen LogP contribution in [0.25, 0.3) is 0 Å². The first-order valence-corrected chi connectivity index (χ1v) is 6.40. The number of rotatable bonds is 3. The smallest absolute Gasteiger partial charge is 0.0812 e. The van der Waals surface area contributed by atoms with E-state index in [0.717, 1.165) is 31.5 Å². The quantitative estimate of drug-likeness (QED) is 0.870. The first-order valence-electron chi connectivity index (χ1n) is 6.40. The normalized spacial score (nSPS) is 22.8. The Hall–Kier alpha value is -0.800. The molecule has 1 N–H and O–H groups in total. The fraction of sp³-hybridized carbons (Fsp3) is 0.714. The van der Waals surface area contributed by atoms with Gasteiger partial charge in [-0.1, -0.05) is 13.8 Å². The Morgan fingerprint density at radius 2 is 2.18 bits per heavy atom. The van der Waals surface area contributed by atoms with Crippen LogP contribution in [0.2, 0.25) is 0 Å². The predicted octanol–water partition coefficient (Wildman–Crippen LogP) is 2.06. The van der Waals surface area contributed by atoms with Gasteiger partial charge in [0.15, 0.2) is 0 Å². The zero-order valence-electron chi connectivity index (χ0n) is 11.4. The Labute approximate surface area is 104 Å². The third kappa shape index (κ3) is 2.72. The molecule has 0 amide bonds. The number of hydrogen-bond acceptors (Lipinski definition) is 2. The lowest BCUT2D eigenvalue weighted by molar-refractivity contribution is 0.0978. The Kier molecular flexibility index (Phi) is 3.32. The van der Waals surface area contributed by atoms with E-state index in [1.165, 1.54) is 5.69 Å². The number of aliphatic hydroxyl groups excluding tert-OH is 1. The summed E-state index contributed by atoms with van der Waals surface area (Å²) < 4.78 is 2.31. The second-order valence-electron chi connectivity index (χ2n) is 6.28. The van der Waals surface area contributed by atoms with Crippen LogP contribution in [0.3, 0.4) is 0 Å². The molecule has 1 aliphatic carbocycles. The molecular formula is C14H24N2O. The van der Waals surface area contributed by atoms with Gasteiger partial charge in [-0.05, 0) is 38.4 Å². The minimum absolute atomic E-state index is 0.209. The lowest BCUT2D eigenvalue weighted by atomic mass is 9.75. The fourth-order valence-electron chi connectivity index (χ4n) is 2.71. The summed E-state index contributed by atoms with van der Waals surface area (Å²) in [6.07, 6.45) is 3.78. The largest absolute Gasteiger partial charge is 0.388 e. The molecule has 0 aliphatic heterocycles. The van der Waals surface area contributed by atoms with Crippen LogP contribution in [0.1, 0.15) is 37.6 Å². The maximum absolute atomic E-state index is 10.2. The van der Waals surface area contributed by atoms with Gasteiger partial charge in [-0.25, -0.2) is 0 Å². The molecule has 3 nitrogen and oxygen atoms in total. The zero-order chi connectivity index (χ0) is 12.6. The maximum atomic E-state index is 10.2. The van der Waals surface area contributed by atoms with Crippen molar-refractivity contribution in [3.05, 3.63) is 23.5 Å². The molecule has 0 aromatic carbocycles. The third-order valence-electron chi connectivity index (χ3n) is 3.65. The molecule has 96 valence electrons. The van der Waals surface area contributed by atoms with Gasteiger partial charge in [0.1, 0.15) is 0 Å². The van der Waals surface area contributed by atoms with E-state index in [4.69, 9.17) is 0 Å². The lowest BCUT2D eigenvalue weighted by Crippen LogP contribution is -2.28. The van der Waals surface area contributed by atoms with Gasteiger partial charge >= 0.3 is 0 Å². The van der Waals surface area contributed by atoms with E-state index in [0.29, 0.717) is 0 Å². The van der Waals surface area contributed by atoms with Gasteiger partial charge in [-0.2, -0.15) is 0 Å². The second-order valence-corrected chi connectivity index (χ2v) is 6.28. The van der Waals surface area contributed by atoms with E-state index in [9.17, 15) is 5.11 Å². The van der Waals surface area contributed by atoms with Crippen molar-refractivity contribution < 1.29 is 5.11 Å². The Morgan fingerprint density at radius 1 is 1.47 bits per heavy atom. The van der Waals surface area contributed by atoms with E-state index >= 15 is 0 Å². The van der Waals surface area contributed by atoms with Crippen LogP contribution in [-0.4, -0.2) is 35.2 Å². The van der Waals surface area contributed by atoms with Gasteiger partial charge in [0.2, 0.25) is 0 Å². The van der Waals surface area contributed by atoms with Crippen LogP contribution in [0.15, 0.2) is 12.3 Å².